The zero-order valence-electron chi connectivity index (χ0n) is 9.08. The van der Waals surface area contributed by atoms with Crippen molar-refractivity contribution < 1.29 is 4.21 Å². The van der Waals surface area contributed by atoms with Crippen molar-refractivity contribution in [2.75, 3.05) is 5.75 Å². The van der Waals surface area contributed by atoms with E-state index in [1.807, 2.05) is 12.2 Å². The van der Waals surface area contributed by atoms with E-state index in [2.05, 4.69) is 24.6 Å². The van der Waals surface area contributed by atoms with Gasteiger partial charge in [0.15, 0.2) is 0 Å². The molecule has 0 aromatic rings. The van der Waals surface area contributed by atoms with Crippen molar-refractivity contribution in [1.82, 2.24) is 0 Å². The van der Waals surface area contributed by atoms with Crippen LogP contribution in [0.3, 0.4) is 0 Å². The molecule has 80 valence electrons. The minimum atomic E-state index is -2.05. The summed E-state index contributed by atoms with van der Waals surface area (Å²) in [6.07, 6.45) is 6.66. The molecule has 1 heterocycles. The largest absolute Gasteiger partial charge is 0.263 e. The zero-order chi connectivity index (χ0) is 10.9. The van der Waals surface area contributed by atoms with Gasteiger partial charge in [-0.3, -0.25) is 4.21 Å². The topological polar surface area (TPSA) is 17.1 Å². The van der Waals surface area contributed by atoms with Crippen LogP contribution in [0, 0.1) is 17.8 Å². The summed E-state index contributed by atoms with van der Waals surface area (Å²) in [5.41, 5.74) is 1.21. The van der Waals surface area contributed by atoms with Crippen LogP contribution in [0.5, 0.6) is 0 Å². The molecule has 2 aliphatic rings. The van der Waals surface area contributed by atoms with Crippen molar-refractivity contribution >= 4 is 15.4 Å². The SMILES string of the molecule is C=S1(=O)CCCC(C)C2=C1CC#CC=C2. The molecule has 0 aromatic carbocycles. The first-order valence-electron chi connectivity index (χ1n) is 5.34. The molecular weight excluding hydrogens is 204 g/mol. The lowest BCUT2D eigenvalue weighted by molar-refractivity contribution is 0.617. The van der Waals surface area contributed by atoms with Crippen molar-refractivity contribution in [3.05, 3.63) is 22.6 Å². The second-order valence-electron chi connectivity index (χ2n) is 4.27. The Bertz CT molecular complexity index is 480. The molecule has 15 heavy (non-hydrogen) atoms. The smallest absolute Gasteiger partial charge is 0.0425 e. The molecule has 1 nitrogen and oxygen atoms in total. The van der Waals surface area contributed by atoms with Crippen LogP contribution >= 0.6 is 0 Å². The fourth-order valence-corrected chi connectivity index (χ4v) is 4.12. The second-order valence-corrected chi connectivity index (χ2v) is 6.79. The third-order valence-electron chi connectivity index (χ3n) is 3.11. The zero-order valence-corrected chi connectivity index (χ0v) is 9.90. The van der Waals surface area contributed by atoms with Gasteiger partial charge in [0.1, 0.15) is 0 Å². The minimum Gasteiger partial charge on any atom is -0.263 e. The summed E-state index contributed by atoms with van der Waals surface area (Å²) >= 11 is 0. The summed E-state index contributed by atoms with van der Waals surface area (Å²) in [6.45, 7) is 2.20. The van der Waals surface area contributed by atoms with Crippen LogP contribution in [0.2, 0.25) is 0 Å². The molecule has 1 aliphatic carbocycles. The Kier molecular flexibility index (Phi) is 2.75. The van der Waals surface area contributed by atoms with Gasteiger partial charge < -0.3 is 0 Å². The van der Waals surface area contributed by atoms with E-state index in [0.717, 1.165) is 23.5 Å². The molecule has 0 fully saturated rings. The van der Waals surface area contributed by atoms with Gasteiger partial charge in [-0.15, -0.1) is 0 Å². The van der Waals surface area contributed by atoms with Crippen molar-refractivity contribution in [2.45, 2.75) is 26.2 Å². The first-order valence-corrected chi connectivity index (χ1v) is 7.24. The van der Waals surface area contributed by atoms with Gasteiger partial charge in [0.05, 0.1) is 0 Å². The predicted octanol–water partition coefficient (Wildman–Crippen LogP) is 2.35. The van der Waals surface area contributed by atoms with Gasteiger partial charge in [0.25, 0.3) is 0 Å². The van der Waals surface area contributed by atoms with Gasteiger partial charge in [-0.25, -0.2) is 0 Å². The standard InChI is InChI=1S/C13H16OS/c1-11-7-6-10-15(2,14)13-9-5-3-4-8-12(11)13/h4,8,11H,2,6-7,9-10H2,1H3. The average molecular weight is 220 g/mol. The monoisotopic (exact) mass is 220 g/mol. The lowest BCUT2D eigenvalue weighted by atomic mass is 9.95. The molecule has 2 heteroatoms. The van der Waals surface area contributed by atoms with Crippen molar-refractivity contribution in [3.63, 3.8) is 0 Å². The molecule has 0 saturated carbocycles. The first-order chi connectivity index (χ1) is 7.11. The summed E-state index contributed by atoms with van der Waals surface area (Å²) in [4.78, 5) is 1.01. The van der Waals surface area contributed by atoms with Gasteiger partial charge in [-0.2, -0.15) is 0 Å². The highest BCUT2D eigenvalue weighted by Gasteiger charge is 2.23. The summed E-state index contributed by atoms with van der Waals surface area (Å²) in [5, 5.41) is 0. The molecule has 2 atom stereocenters. The van der Waals surface area contributed by atoms with Crippen LogP contribution in [-0.4, -0.2) is 15.8 Å². The number of rotatable bonds is 0. The molecule has 0 amide bonds. The Morgan fingerprint density at radius 3 is 3.20 bits per heavy atom. The highest BCUT2D eigenvalue weighted by molar-refractivity contribution is 8.03. The number of allylic oxidation sites excluding steroid dienone is 4. The van der Waals surface area contributed by atoms with Gasteiger partial charge in [0, 0.05) is 17.1 Å². The molecule has 0 aromatic heterocycles. The molecular formula is C13H16OS. The van der Waals surface area contributed by atoms with E-state index in [0.29, 0.717) is 12.3 Å². The molecule has 0 bridgehead atoms. The van der Waals surface area contributed by atoms with Gasteiger partial charge >= 0.3 is 0 Å². The third kappa shape index (κ3) is 2.03. The summed E-state index contributed by atoms with van der Waals surface area (Å²) < 4.78 is 12.4. The van der Waals surface area contributed by atoms with Crippen molar-refractivity contribution in [1.29, 1.82) is 0 Å². The predicted molar refractivity (Wildman–Crippen MR) is 67.1 cm³/mol. The fourth-order valence-electron chi connectivity index (χ4n) is 2.20. The van der Waals surface area contributed by atoms with E-state index in [1.54, 1.807) is 0 Å². The van der Waals surface area contributed by atoms with Crippen molar-refractivity contribution in [3.8, 4) is 11.8 Å². The Morgan fingerprint density at radius 2 is 2.40 bits per heavy atom. The number of hydrogen-bond acceptors (Lipinski definition) is 1. The van der Waals surface area contributed by atoms with Crippen LogP contribution in [-0.2, 0) is 9.52 Å². The van der Waals surface area contributed by atoms with Gasteiger partial charge in [0.2, 0.25) is 0 Å². The first kappa shape index (κ1) is 10.6. The quantitative estimate of drug-likeness (QED) is 0.452. The average Bonchev–Trinajstić information content (AvgIpc) is 2.45. The highest BCUT2D eigenvalue weighted by Crippen LogP contribution is 2.31. The van der Waals surface area contributed by atoms with E-state index in [4.69, 9.17) is 0 Å². The van der Waals surface area contributed by atoms with E-state index in [1.165, 1.54) is 5.57 Å². The second kappa shape index (κ2) is 3.90. The molecule has 1 aliphatic heterocycles. The van der Waals surface area contributed by atoms with E-state index in [-0.39, 0.29) is 0 Å². The van der Waals surface area contributed by atoms with Crippen LogP contribution in [0.25, 0.3) is 0 Å². The Hall–Kier alpha value is -0.940. The minimum absolute atomic E-state index is 0.489. The van der Waals surface area contributed by atoms with E-state index < -0.39 is 9.52 Å². The highest BCUT2D eigenvalue weighted by atomic mass is 32.2. The molecule has 0 spiro atoms. The normalized spacial score (nSPS) is 34.9. The van der Waals surface area contributed by atoms with Crippen LogP contribution in [0.4, 0.5) is 0 Å². The van der Waals surface area contributed by atoms with Crippen molar-refractivity contribution in [2.24, 2.45) is 5.92 Å². The maximum Gasteiger partial charge on any atom is 0.0425 e. The fraction of sp³-hybridized carbons (Fsp3) is 0.462. The Balaban J connectivity index is 2.57. The lowest BCUT2D eigenvalue weighted by Crippen LogP contribution is -2.08. The van der Waals surface area contributed by atoms with Gasteiger partial charge in [-0.1, -0.05) is 18.8 Å². The van der Waals surface area contributed by atoms with Crippen LogP contribution in [0.1, 0.15) is 26.2 Å². The maximum absolute atomic E-state index is 12.4. The van der Waals surface area contributed by atoms with Crippen LogP contribution < -0.4 is 0 Å². The molecule has 0 radical (unpaired) electrons. The lowest BCUT2D eigenvalue weighted by Gasteiger charge is -2.14. The summed E-state index contributed by atoms with van der Waals surface area (Å²) in [6, 6.07) is 0. The molecule has 2 rings (SSSR count). The van der Waals surface area contributed by atoms with Crippen LogP contribution in [0.15, 0.2) is 22.6 Å². The summed E-state index contributed by atoms with van der Waals surface area (Å²) in [7, 11) is -2.05. The Morgan fingerprint density at radius 1 is 1.60 bits per heavy atom. The van der Waals surface area contributed by atoms with E-state index in [9.17, 15) is 4.21 Å². The van der Waals surface area contributed by atoms with E-state index >= 15 is 0 Å². The molecule has 0 N–H and O–H groups in total. The Labute approximate surface area is 92.3 Å². The third-order valence-corrected chi connectivity index (χ3v) is 5.34. The summed E-state index contributed by atoms with van der Waals surface area (Å²) in [5.74, 6) is 11.1. The maximum atomic E-state index is 12.4. The molecule has 0 saturated heterocycles. The number of hydrogen-bond donors (Lipinski definition) is 0. The van der Waals surface area contributed by atoms with Gasteiger partial charge in [-0.05, 0) is 51.9 Å². The molecule has 2 unspecified atom stereocenters.